The van der Waals surface area contributed by atoms with Crippen LogP contribution in [0.3, 0.4) is 0 Å². The van der Waals surface area contributed by atoms with E-state index in [-0.39, 0.29) is 5.91 Å². The molecule has 0 saturated carbocycles. The molecule has 0 N–H and O–H groups in total. The van der Waals surface area contributed by atoms with Crippen LogP contribution in [0.5, 0.6) is 5.75 Å². The topological polar surface area (TPSA) is 55.8 Å². The first-order valence-corrected chi connectivity index (χ1v) is 8.73. The summed E-state index contributed by atoms with van der Waals surface area (Å²) in [6, 6.07) is 17.8. The van der Waals surface area contributed by atoms with E-state index in [9.17, 15) is 9.59 Å². The second-order valence-electron chi connectivity index (χ2n) is 5.33. The predicted molar refractivity (Wildman–Crippen MR) is 102 cm³/mol. The average molecular weight is 367 g/mol. The Morgan fingerprint density at radius 2 is 1.62 bits per heavy atom. The van der Waals surface area contributed by atoms with Gasteiger partial charge < -0.3 is 9.47 Å². The number of carbonyl (C=O) groups is 2. The molecule has 0 aliphatic rings. The van der Waals surface area contributed by atoms with Gasteiger partial charge >= 0.3 is 5.97 Å². The van der Waals surface area contributed by atoms with Gasteiger partial charge in [0.1, 0.15) is 10.6 Å². The Kier molecular flexibility index (Phi) is 5.34. The van der Waals surface area contributed by atoms with Crippen molar-refractivity contribution in [3.05, 3.63) is 76.5 Å². The van der Waals surface area contributed by atoms with Crippen LogP contribution in [0.4, 0.5) is 11.4 Å². The van der Waals surface area contributed by atoms with E-state index in [4.69, 9.17) is 9.47 Å². The third-order valence-electron chi connectivity index (χ3n) is 3.81. The summed E-state index contributed by atoms with van der Waals surface area (Å²) in [5.74, 6) is -0.0342. The van der Waals surface area contributed by atoms with E-state index < -0.39 is 5.97 Å². The highest BCUT2D eigenvalue weighted by Gasteiger charge is 2.26. The predicted octanol–water partition coefficient (Wildman–Crippen LogP) is 4.52. The summed E-state index contributed by atoms with van der Waals surface area (Å²) >= 11 is 1.23. The molecule has 0 unspecified atom stereocenters. The molecule has 2 aromatic carbocycles. The van der Waals surface area contributed by atoms with Gasteiger partial charge in [-0.1, -0.05) is 18.2 Å². The van der Waals surface area contributed by atoms with E-state index in [1.54, 1.807) is 67.1 Å². The molecule has 5 nitrogen and oxygen atoms in total. The highest BCUT2D eigenvalue weighted by molar-refractivity contribution is 7.12. The minimum Gasteiger partial charge on any atom is -0.497 e. The maximum atomic E-state index is 13.2. The first-order chi connectivity index (χ1) is 12.7. The highest BCUT2D eigenvalue weighted by atomic mass is 32.1. The van der Waals surface area contributed by atoms with E-state index in [2.05, 4.69) is 0 Å². The SMILES string of the molecule is COC(=O)c1sccc1N(C(=O)c1ccccc1)c1ccc(OC)cc1. The Morgan fingerprint density at radius 1 is 0.923 bits per heavy atom. The molecule has 1 heterocycles. The van der Waals surface area contributed by atoms with Crippen LogP contribution in [0.25, 0.3) is 0 Å². The highest BCUT2D eigenvalue weighted by Crippen LogP contribution is 2.35. The van der Waals surface area contributed by atoms with Crippen LogP contribution in [-0.4, -0.2) is 26.1 Å². The lowest BCUT2D eigenvalue weighted by molar-refractivity contribution is 0.0607. The van der Waals surface area contributed by atoms with Crippen LogP contribution in [0.2, 0.25) is 0 Å². The molecular weight excluding hydrogens is 350 g/mol. The lowest BCUT2D eigenvalue weighted by Crippen LogP contribution is -2.27. The third-order valence-corrected chi connectivity index (χ3v) is 4.69. The number of hydrogen-bond acceptors (Lipinski definition) is 5. The van der Waals surface area contributed by atoms with Crippen molar-refractivity contribution in [2.45, 2.75) is 0 Å². The van der Waals surface area contributed by atoms with E-state index >= 15 is 0 Å². The molecule has 0 fully saturated rings. The van der Waals surface area contributed by atoms with Gasteiger partial charge in [0.2, 0.25) is 0 Å². The molecule has 0 bridgehead atoms. The molecule has 3 rings (SSSR count). The fourth-order valence-electron chi connectivity index (χ4n) is 2.53. The molecule has 1 aromatic heterocycles. The molecule has 132 valence electrons. The first kappa shape index (κ1) is 17.7. The van der Waals surface area contributed by atoms with Crippen LogP contribution in [-0.2, 0) is 4.74 Å². The molecular formula is C20H17NO4S. The zero-order chi connectivity index (χ0) is 18.5. The van der Waals surface area contributed by atoms with Gasteiger partial charge in [-0.15, -0.1) is 11.3 Å². The molecule has 1 amide bonds. The molecule has 0 atom stereocenters. The second kappa shape index (κ2) is 7.84. The number of ether oxygens (including phenoxy) is 2. The number of thiophene rings is 1. The Balaban J connectivity index is 2.11. The Labute approximate surface area is 155 Å². The van der Waals surface area contributed by atoms with Crippen molar-refractivity contribution >= 4 is 34.6 Å². The van der Waals surface area contributed by atoms with Gasteiger partial charge in [0.05, 0.1) is 19.9 Å². The van der Waals surface area contributed by atoms with Crippen molar-refractivity contribution in [1.29, 1.82) is 0 Å². The van der Waals surface area contributed by atoms with Gasteiger partial charge in [-0.2, -0.15) is 0 Å². The Morgan fingerprint density at radius 3 is 2.23 bits per heavy atom. The number of rotatable bonds is 5. The molecule has 3 aromatic rings. The fraction of sp³-hybridized carbons (Fsp3) is 0.100. The van der Waals surface area contributed by atoms with E-state index in [0.29, 0.717) is 27.6 Å². The van der Waals surface area contributed by atoms with Crippen LogP contribution in [0.1, 0.15) is 20.0 Å². The van der Waals surface area contributed by atoms with Crippen molar-refractivity contribution in [2.75, 3.05) is 19.1 Å². The zero-order valence-electron chi connectivity index (χ0n) is 14.3. The number of carbonyl (C=O) groups excluding carboxylic acids is 2. The van der Waals surface area contributed by atoms with Crippen molar-refractivity contribution in [1.82, 2.24) is 0 Å². The minimum atomic E-state index is -0.477. The van der Waals surface area contributed by atoms with E-state index in [0.717, 1.165) is 0 Å². The summed E-state index contributed by atoms with van der Waals surface area (Å²) in [6.45, 7) is 0. The van der Waals surface area contributed by atoms with Crippen molar-refractivity contribution in [3.63, 3.8) is 0 Å². The van der Waals surface area contributed by atoms with Crippen LogP contribution in [0, 0.1) is 0 Å². The normalized spacial score (nSPS) is 10.2. The number of benzene rings is 2. The number of amides is 1. The number of nitrogens with zero attached hydrogens (tertiary/aromatic N) is 1. The average Bonchev–Trinajstić information content (AvgIpc) is 3.18. The van der Waals surface area contributed by atoms with Gasteiger partial charge in [0.25, 0.3) is 5.91 Å². The van der Waals surface area contributed by atoms with Crippen LogP contribution < -0.4 is 9.64 Å². The molecule has 0 radical (unpaired) electrons. The van der Waals surface area contributed by atoms with Gasteiger partial charge in [-0.25, -0.2) is 4.79 Å². The number of anilines is 2. The van der Waals surface area contributed by atoms with Gasteiger partial charge in [0, 0.05) is 11.3 Å². The molecule has 26 heavy (non-hydrogen) atoms. The molecule has 0 aliphatic heterocycles. The zero-order valence-corrected chi connectivity index (χ0v) is 15.2. The third kappa shape index (κ3) is 3.45. The number of hydrogen-bond donors (Lipinski definition) is 0. The second-order valence-corrected chi connectivity index (χ2v) is 6.25. The summed E-state index contributed by atoms with van der Waals surface area (Å²) in [5.41, 5.74) is 1.63. The maximum absolute atomic E-state index is 13.2. The number of methoxy groups -OCH3 is 2. The Bertz CT molecular complexity index is 903. The summed E-state index contributed by atoms with van der Waals surface area (Å²) in [7, 11) is 2.90. The summed E-state index contributed by atoms with van der Waals surface area (Å²) in [5, 5.41) is 1.76. The van der Waals surface area contributed by atoms with Crippen LogP contribution in [0.15, 0.2) is 66.0 Å². The van der Waals surface area contributed by atoms with Crippen molar-refractivity contribution in [2.24, 2.45) is 0 Å². The largest absolute Gasteiger partial charge is 0.497 e. The van der Waals surface area contributed by atoms with E-state index in [1.165, 1.54) is 23.3 Å². The van der Waals surface area contributed by atoms with Crippen molar-refractivity contribution < 1.29 is 19.1 Å². The monoisotopic (exact) mass is 367 g/mol. The fourth-order valence-corrected chi connectivity index (χ4v) is 3.32. The maximum Gasteiger partial charge on any atom is 0.350 e. The lowest BCUT2D eigenvalue weighted by atomic mass is 10.1. The standard InChI is InChI=1S/C20H17NO4S/c1-24-16-10-8-15(9-11-16)21(19(22)14-6-4-3-5-7-14)17-12-13-26-18(17)20(23)25-2/h3-13H,1-2H3. The smallest absolute Gasteiger partial charge is 0.350 e. The quantitative estimate of drug-likeness (QED) is 0.622. The summed E-state index contributed by atoms with van der Waals surface area (Å²) < 4.78 is 10.0. The lowest BCUT2D eigenvalue weighted by Gasteiger charge is -2.23. The van der Waals surface area contributed by atoms with E-state index in [1.807, 2.05) is 6.07 Å². The molecule has 0 saturated heterocycles. The molecule has 6 heteroatoms. The van der Waals surface area contributed by atoms with Crippen molar-refractivity contribution in [3.8, 4) is 5.75 Å². The van der Waals surface area contributed by atoms with Gasteiger partial charge in [-0.3, -0.25) is 9.69 Å². The van der Waals surface area contributed by atoms with Crippen LogP contribution >= 0.6 is 11.3 Å². The molecule has 0 aliphatic carbocycles. The number of esters is 1. The van der Waals surface area contributed by atoms with Gasteiger partial charge in [-0.05, 0) is 47.8 Å². The minimum absolute atomic E-state index is 0.237. The summed E-state index contributed by atoms with van der Waals surface area (Å²) in [6.07, 6.45) is 0. The Hall–Kier alpha value is -3.12. The first-order valence-electron chi connectivity index (χ1n) is 7.85. The van der Waals surface area contributed by atoms with Gasteiger partial charge in [0.15, 0.2) is 0 Å². The molecule has 0 spiro atoms. The summed E-state index contributed by atoms with van der Waals surface area (Å²) in [4.78, 5) is 27.2.